The highest BCUT2D eigenvalue weighted by Crippen LogP contribution is 2.25. The fourth-order valence-corrected chi connectivity index (χ4v) is 2.58. The number of halogens is 2. The van der Waals surface area contributed by atoms with Gasteiger partial charge >= 0.3 is 0 Å². The van der Waals surface area contributed by atoms with Gasteiger partial charge in [0.05, 0.1) is 24.2 Å². The minimum Gasteiger partial charge on any atom is -0.386 e. The van der Waals surface area contributed by atoms with E-state index in [0.717, 1.165) is 12.1 Å². The lowest BCUT2D eigenvalue weighted by Gasteiger charge is -2.26. The molecule has 0 bridgehead atoms. The summed E-state index contributed by atoms with van der Waals surface area (Å²) in [6, 6.07) is 11.1. The Morgan fingerprint density at radius 3 is 2.40 bits per heavy atom. The monoisotopic (exact) mass is 349 g/mol. The molecular formula is C19H21F2NO3. The Labute approximate surface area is 145 Å². The minimum absolute atomic E-state index is 0.154. The number of aliphatic hydroxyl groups is 2. The van der Waals surface area contributed by atoms with Gasteiger partial charge in [0.2, 0.25) is 5.91 Å². The molecule has 3 N–H and O–H groups in total. The predicted molar refractivity (Wildman–Crippen MR) is 89.6 cm³/mol. The van der Waals surface area contributed by atoms with E-state index in [2.05, 4.69) is 5.32 Å². The van der Waals surface area contributed by atoms with Crippen molar-refractivity contribution in [3.05, 3.63) is 71.3 Å². The van der Waals surface area contributed by atoms with E-state index in [1.54, 1.807) is 37.3 Å². The molecular weight excluding hydrogens is 328 g/mol. The minimum atomic E-state index is -1.36. The molecule has 0 aliphatic heterocycles. The topological polar surface area (TPSA) is 69.6 Å². The summed E-state index contributed by atoms with van der Waals surface area (Å²) in [5.74, 6) is -2.54. The highest BCUT2D eigenvalue weighted by atomic mass is 19.2. The summed E-state index contributed by atoms with van der Waals surface area (Å²) in [5.41, 5.74) is -0.613. The lowest BCUT2D eigenvalue weighted by atomic mass is 9.92. The van der Waals surface area contributed by atoms with Gasteiger partial charge in [0.1, 0.15) is 0 Å². The number of rotatable bonds is 6. The van der Waals surface area contributed by atoms with Crippen molar-refractivity contribution in [2.24, 2.45) is 0 Å². The van der Waals surface area contributed by atoms with Gasteiger partial charge in [-0.2, -0.15) is 0 Å². The second-order valence-electron chi connectivity index (χ2n) is 6.29. The van der Waals surface area contributed by atoms with Gasteiger partial charge < -0.3 is 15.5 Å². The molecule has 0 radical (unpaired) electrons. The molecule has 3 atom stereocenters. The number of carbonyl (C=O) groups is 1. The number of nitrogens with one attached hydrogen (secondary N) is 1. The first-order valence-electron chi connectivity index (χ1n) is 7.91. The van der Waals surface area contributed by atoms with Crippen LogP contribution >= 0.6 is 0 Å². The van der Waals surface area contributed by atoms with Crippen LogP contribution in [-0.2, 0) is 10.4 Å². The van der Waals surface area contributed by atoms with Crippen LogP contribution < -0.4 is 5.32 Å². The number of hydrogen-bond donors (Lipinski definition) is 3. The largest absolute Gasteiger partial charge is 0.386 e. The third-order valence-electron chi connectivity index (χ3n) is 4.05. The van der Waals surface area contributed by atoms with Crippen LogP contribution in [0.2, 0.25) is 0 Å². The predicted octanol–water partition coefficient (Wildman–Crippen LogP) is 2.80. The SMILES string of the molecule is CC(NC(=O)CC(C)(O)c1ccccc1)C(O)c1ccc(F)c(F)c1. The average Bonchev–Trinajstić information content (AvgIpc) is 2.56. The zero-order chi connectivity index (χ0) is 18.6. The van der Waals surface area contributed by atoms with Gasteiger partial charge in [0.25, 0.3) is 0 Å². The molecule has 0 saturated heterocycles. The zero-order valence-corrected chi connectivity index (χ0v) is 14.0. The van der Waals surface area contributed by atoms with Crippen molar-refractivity contribution in [1.82, 2.24) is 5.32 Å². The summed E-state index contributed by atoms with van der Waals surface area (Å²) in [6.07, 6.45) is -1.41. The molecule has 0 aliphatic carbocycles. The van der Waals surface area contributed by atoms with E-state index in [0.29, 0.717) is 5.56 Å². The number of amides is 1. The molecule has 25 heavy (non-hydrogen) atoms. The molecule has 1 amide bonds. The maximum atomic E-state index is 13.3. The summed E-state index contributed by atoms with van der Waals surface area (Å²) in [4.78, 5) is 12.2. The molecule has 0 aliphatic rings. The smallest absolute Gasteiger partial charge is 0.223 e. The van der Waals surface area contributed by atoms with Crippen molar-refractivity contribution in [3.8, 4) is 0 Å². The second kappa shape index (κ2) is 7.72. The van der Waals surface area contributed by atoms with Crippen LogP contribution in [0.1, 0.15) is 37.5 Å². The first kappa shape index (κ1) is 19.0. The van der Waals surface area contributed by atoms with Gasteiger partial charge in [0.15, 0.2) is 11.6 Å². The molecule has 0 fully saturated rings. The number of benzene rings is 2. The van der Waals surface area contributed by atoms with Gasteiger partial charge in [-0.15, -0.1) is 0 Å². The summed E-state index contributed by atoms with van der Waals surface area (Å²) >= 11 is 0. The van der Waals surface area contributed by atoms with Crippen molar-refractivity contribution in [2.45, 2.75) is 38.0 Å². The van der Waals surface area contributed by atoms with Crippen molar-refractivity contribution in [3.63, 3.8) is 0 Å². The summed E-state index contributed by atoms with van der Waals surface area (Å²) < 4.78 is 26.2. The van der Waals surface area contributed by atoms with Crippen molar-refractivity contribution in [1.29, 1.82) is 0 Å². The lowest BCUT2D eigenvalue weighted by Crippen LogP contribution is -2.40. The van der Waals surface area contributed by atoms with Gasteiger partial charge in [-0.3, -0.25) is 4.79 Å². The van der Waals surface area contributed by atoms with Crippen LogP contribution in [0, 0.1) is 11.6 Å². The molecule has 0 heterocycles. The Balaban J connectivity index is 2.00. The molecule has 0 saturated carbocycles. The quantitative estimate of drug-likeness (QED) is 0.751. The first-order chi connectivity index (χ1) is 11.7. The third-order valence-corrected chi connectivity index (χ3v) is 4.05. The summed E-state index contributed by atoms with van der Waals surface area (Å²) in [6.45, 7) is 3.07. The Kier molecular flexibility index (Phi) is 5.87. The van der Waals surface area contributed by atoms with Crippen LogP contribution in [0.4, 0.5) is 8.78 Å². The Hall–Kier alpha value is -2.31. The number of hydrogen-bond acceptors (Lipinski definition) is 3. The summed E-state index contributed by atoms with van der Waals surface area (Å²) in [5, 5.41) is 23.3. The molecule has 2 aromatic carbocycles. The van der Waals surface area contributed by atoms with E-state index >= 15 is 0 Å². The van der Waals surface area contributed by atoms with Gasteiger partial charge in [-0.1, -0.05) is 36.4 Å². The zero-order valence-electron chi connectivity index (χ0n) is 14.0. The Morgan fingerprint density at radius 2 is 1.80 bits per heavy atom. The third kappa shape index (κ3) is 4.84. The molecule has 0 aromatic heterocycles. The first-order valence-corrected chi connectivity index (χ1v) is 7.91. The molecule has 2 rings (SSSR count). The van der Waals surface area contributed by atoms with E-state index in [9.17, 15) is 23.8 Å². The van der Waals surface area contributed by atoms with E-state index in [-0.39, 0.29) is 12.0 Å². The molecule has 4 nitrogen and oxygen atoms in total. The van der Waals surface area contributed by atoms with Crippen LogP contribution in [0.25, 0.3) is 0 Å². The Bertz CT molecular complexity index is 735. The van der Waals surface area contributed by atoms with E-state index in [1.165, 1.54) is 13.0 Å². The molecule has 6 heteroatoms. The van der Waals surface area contributed by atoms with Gasteiger partial charge in [-0.05, 0) is 37.1 Å². The number of aliphatic hydroxyl groups excluding tert-OH is 1. The van der Waals surface area contributed by atoms with Crippen molar-refractivity contribution in [2.75, 3.05) is 0 Å². The van der Waals surface area contributed by atoms with Crippen LogP contribution in [0.3, 0.4) is 0 Å². The van der Waals surface area contributed by atoms with Crippen LogP contribution in [-0.4, -0.2) is 22.2 Å². The standard InChI is InChI=1S/C19H21F2NO3/c1-12(18(24)13-8-9-15(20)16(21)10-13)22-17(23)11-19(2,25)14-6-4-3-5-7-14/h3-10,12,18,24-25H,11H2,1-2H3,(H,22,23). The lowest BCUT2D eigenvalue weighted by molar-refractivity contribution is -0.127. The average molecular weight is 349 g/mol. The van der Waals surface area contributed by atoms with E-state index in [1.807, 2.05) is 0 Å². The van der Waals surface area contributed by atoms with Crippen LogP contribution in [0.15, 0.2) is 48.5 Å². The maximum absolute atomic E-state index is 13.3. The Morgan fingerprint density at radius 1 is 1.16 bits per heavy atom. The highest BCUT2D eigenvalue weighted by molar-refractivity contribution is 5.77. The molecule has 3 unspecified atom stereocenters. The van der Waals surface area contributed by atoms with E-state index in [4.69, 9.17) is 0 Å². The molecule has 0 spiro atoms. The molecule has 134 valence electrons. The van der Waals surface area contributed by atoms with E-state index < -0.39 is 35.3 Å². The normalized spacial score (nSPS) is 15.9. The molecule has 2 aromatic rings. The highest BCUT2D eigenvalue weighted by Gasteiger charge is 2.28. The fourth-order valence-electron chi connectivity index (χ4n) is 2.58. The number of carbonyl (C=O) groups excluding carboxylic acids is 1. The maximum Gasteiger partial charge on any atom is 0.223 e. The second-order valence-corrected chi connectivity index (χ2v) is 6.29. The summed E-state index contributed by atoms with van der Waals surface area (Å²) in [7, 11) is 0. The van der Waals surface area contributed by atoms with Crippen LogP contribution in [0.5, 0.6) is 0 Å². The fraction of sp³-hybridized carbons (Fsp3) is 0.316. The van der Waals surface area contributed by atoms with Gasteiger partial charge in [0, 0.05) is 0 Å². The van der Waals surface area contributed by atoms with Crippen molar-refractivity contribution < 1.29 is 23.8 Å². The van der Waals surface area contributed by atoms with Crippen molar-refractivity contribution >= 4 is 5.91 Å². The van der Waals surface area contributed by atoms with Gasteiger partial charge in [-0.25, -0.2) is 8.78 Å².